The number of hydrogen-bond acceptors (Lipinski definition) is 4. The maximum atomic E-state index is 11.0. The number of unbranched alkanes of at least 4 members (excludes halogenated alkanes) is 2. The molecule has 0 fully saturated rings. The number of hydrogen-bond donors (Lipinski definition) is 0. The Balaban J connectivity index is 4.19. The van der Waals surface area contributed by atoms with Gasteiger partial charge in [-0.15, -0.1) is 0 Å². The van der Waals surface area contributed by atoms with Crippen molar-refractivity contribution in [3.05, 3.63) is 12.0 Å². The van der Waals surface area contributed by atoms with Gasteiger partial charge in [-0.05, 0) is 25.8 Å². The highest BCUT2D eigenvalue weighted by Crippen LogP contribution is 2.05. The largest absolute Gasteiger partial charge is 0.466 e. The van der Waals surface area contributed by atoms with Crippen LogP contribution >= 0.6 is 0 Å². The molecule has 0 saturated heterocycles. The van der Waals surface area contributed by atoms with Crippen molar-refractivity contribution in [2.75, 3.05) is 6.61 Å². The molecule has 0 rings (SSSR count). The van der Waals surface area contributed by atoms with Crippen molar-refractivity contribution < 1.29 is 19.1 Å². The monoisotopic (exact) mass is 214 g/mol. The highest BCUT2D eigenvalue weighted by molar-refractivity contribution is 6.32. The molecule has 0 bridgehead atoms. The average molecular weight is 214 g/mol. The minimum Gasteiger partial charge on any atom is -0.466 e. The second-order valence-electron chi connectivity index (χ2n) is 3.04. The van der Waals surface area contributed by atoms with Crippen molar-refractivity contribution in [2.45, 2.75) is 40.0 Å². The van der Waals surface area contributed by atoms with E-state index in [-0.39, 0.29) is 5.95 Å². The van der Waals surface area contributed by atoms with Gasteiger partial charge >= 0.3 is 5.97 Å². The summed E-state index contributed by atoms with van der Waals surface area (Å²) in [5.74, 6) is -1.38. The molecule has 0 aromatic carbocycles. The Morgan fingerprint density at radius 3 is 2.40 bits per heavy atom. The summed E-state index contributed by atoms with van der Waals surface area (Å²) in [6.07, 6.45) is 4.51. The van der Waals surface area contributed by atoms with Gasteiger partial charge in [0.25, 0.3) is 5.95 Å². The number of ether oxygens (including phenoxy) is 2. The van der Waals surface area contributed by atoms with Gasteiger partial charge in [0.05, 0.1) is 6.61 Å². The van der Waals surface area contributed by atoms with E-state index in [1.54, 1.807) is 13.0 Å². The quantitative estimate of drug-likeness (QED) is 0.282. The molecule has 0 aromatic heterocycles. The maximum absolute atomic E-state index is 11.0. The number of carbonyl (C=O) groups is 2. The maximum Gasteiger partial charge on any atom is 0.382 e. The number of rotatable bonds is 7. The van der Waals surface area contributed by atoms with Crippen LogP contribution in [-0.2, 0) is 19.1 Å². The van der Waals surface area contributed by atoms with Crippen molar-refractivity contribution in [3.8, 4) is 0 Å². The molecule has 0 N–H and O–H groups in total. The molecule has 4 nitrogen and oxygen atoms in total. The Morgan fingerprint density at radius 2 is 1.93 bits per heavy atom. The Kier molecular flexibility index (Phi) is 7.32. The number of Topliss-reactive ketones (excluding diaryl/α,β-unsaturated/α-hetero) is 1. The lowest BCUT2D eigenvalue weighted by molar-refractivity contribution is -0.153. The van der Waals surface area contributed by atoms with Crippen LogP contribution in [0.3, 0.4) is 0 Å². The fourth-order valence-electron chi connectivity index (χ4n) is 0.860. The van der Waals surface area contributed by atoms with E-state index in [1.165, 1.54) is 0 Å². The van der Waals surface area contributed by atoms with Crippen LogP contribution in [0.5, 0.6) is 0 Å². The van der Waals surface area contributed by atoms with Crippen LogP contribution in [0.1, 0.15) is 40.0 Å². The van der Waals surface area contributed by atoms with E-state index in [1.807, 2.05) is 0 Å². The Labute approximate surface area is 90.2 Å². The lowest BCUT2D eigenvalue weighted by Gasteiger charge is -2.07. The summed E-state index contributed by atoms with van der Waals surface area (Å²) in [4.78, 5) is 21.6. The summed E-state index contributed by atoms with van der Waals surface area (Å²) in [6.45, 7) is 5.42. The lowest BCUT2D eigenvalue weighted by Crippen LogP contribution is -2.14. The topological polar surface area (TPSA) is 52.6 Å². The van der Waals surface area contributed by atoms with E-state index < -0.39 is 11.8 Å². The van der Waals surface area contributed by atoms with E-state index in [0.717, 1.165) is 26.2 Å². The molecule has 0 atom stereocenters. The summed E-state index contributed by atoms with van der Waals surface area (Å²) < 4.78 is 9.82. The van der Waals surface area contributed by atoms with E-state index in [0.29, 0.717) is 6.61 Å². The van der Waals surface area contributed by atoms with Gasteiger partial charge in [0, 0.05) is 6.92 Å². The van der Waals surface area contributed by atoms with Crippen LogP contribution in [0, 0.1) is 0 Å². The summed E-state index contributed by atoms with van der Waals surface area (Å²) in [5.41, 5.74) is 0. The van der Waals surface area contributed by atoms with E-state index in [9.17, 15) is 9.59 Å². The van der Waals surface area contributed by atoms with Gasteiger partial charge in [-0.2, -0.15) is 0 Å². The SMILES string of the molecule is CCCCC=C(OCC)OC(=O)C(C)=O. The molecule has 0 aromatic rings. The molecular formula is C11H18O4. The Morgan fingerprint density at radius 1 is 1.27 bits per heavy atom. The molecule has 0 amide bonds. The standard InChI is InChI=1S/C11H18O4/c1-4-6-7-8-10(14-5-2)15-11(13)9(3)12/h8H,4-7H2,1-3H3. The van der Waals surface area contributed by atoms with Crippen LogP contribution in [0.4, 0.5) is 0 Å². The first-order valence-corrected chi connectivity index (χ1v) is 5.17. The van der Waals surface area contributed by atoms with Crippen LogP contribution in [0.2, 0.25) is 0 Å². The minimum absolute atomic E-state index is 0.131. The summed E-state index contributed by atoms with van der Waals surface area (Å²) >= 11 is 0. The van der Waals surface area contributed by atoms with E-state index in [4.69, 9.17) is 9.47 Å². The predicted octanol–water partition coefficient (Wildman–Crippen LogP) is 2.19. The lowest BCUT2D eigenvalue weighted by atomic mass is 10.2. The third-order valence-corrected chi connectivity index (χ3v) is 1.64. The van der Waals surface area contributed by atoms with Gasteiger partial charge in [-0.25, -0.2) is 4.79 Å². The summed E-state index contributed by atoms with van der Waals surface area (Å²) in [7, 11) is 0. The first kappa shape index (κ1) is 13.7. The highest BCUT2D eigenvalue weighted by Gasteiger charge is 2.12. The molecule has 0 aliphatic carbocycles. The van der Waals surface area contributed by atoms with Gasteiger partial charge < -0.3 is 9.47 Å². The first-order chi connectivity index (χ1) is 7.11. The van der Waals surface area contributed by atoms with Crippen molar-refractivity contribution >= 4 is 11.8 Å². The van der Waals surface area contributed by atoms with Crippen LogP contribution < -0.4 is 0 Å². The molecule has 86 valence electrons. The van der Waals surface area contributed by atoms with Gasteiger partial charge in [0.1, 0.15) is 0 Å². The molecule has 0 aliphatic heterocycles. The molecule has 4 heteroatoms. The molecule has 0 heterocycles. The zero-order valence-corrected chi connectivity index (χ0v) is 9.54. The van der Waals surface area contributed by atoms with E-state index in [2.05, 4.69) is 6.92 Å². The van der Waals surface area contributed by atoms with Crippen LogP contribution in [0.15, 0.2) is 12.0 Å². The van der Waals surface area contributed by atoms with Crippen molar-refractivity contribution in [2.24, 2.45) is 0 Å². The number of esters is 1. The van der Waals surface area contributed by atoms with Gasteiger partial charge in [-0.1, -0.05) is 13.3 Å². The second-order valence-corrected chi connectivity index (χ2v) is 3.04. The predicted molar refractivity (Wildman–Crippen MR) is 56.0 cm³/mol. The zero-order chi connectivity index (χ0) is 11.7. The van der Waals surface area contributed by atoms with Crippen LogP contribution in [0.25, 0.3) is 0 Å². The fourth-order valence-corrected chi connectivity index (χ4v) is 0.860. The molecule has 0 radical (unpaired) electrons. The smallest absolute Gasteiger partial charge is 0.382 e. The van der Waals surface area contributed by atoms with Crippen molar-refractivity contribution in [3.63, 3.8) is 0 Å². The molecule has 0 spiro atoms. The number of allylic oxidation sites excluding steroid dienone is 1. The van der Waals surface area contributed by atoms with Gasteiger partial charge in [0.2, 0.25) is 5.78 Å². The zero-order valence-electron chi connectivity index (χ0n) is 9.54. The highest BCUT2D eigenvalue weighted by atomic mass is 16.7. The third kappa shape index (κ3) is 6.71. The normalized spacial score (nSPS) is 11.0. The van der Waals surface area contributed by atoms with Crippen molar-refractivity contribution in [1.29, 1.82) is 0 Å². The second kappa shape index (κ2) is 8.03. The molecule has 15 heavy (non-hydrogen) atoms. The fraction of sp³-hybridized carbons (Fsp3) is 0.636. The van der Waals surface area contributed by atoms with Crippen LogP contribution in [-0.4, -0.2) is 18.4 Å². The Hall–Kier alpha value is -1.32. The number of ketones is 1. The van der Waals surface area contributed by atoms with E-state index >= 15 is 0 Å². The van der Waals surface area contributed by atoms with Gasteiger partial charge in [0.15, 0.2) is 0 Å². The first-order valence-electron chi connectivity index (χ1n) is 5.17. The van der Waals surface area contributed by atoms with Gasteiger partial charge in [-0.3, -0.25) is 4.79 Å². The average Bonchev–Trinajstić information content (AvgIpc) is 2.18. The minimum atomic E-state index is -0.883. The molecule has 0 saturated carbocycles. The summed E-state index contributed by atoms with van der Waals surface area (Å²) in [5, 5.41) is 0. The molecule has 0 aliphatic rings. The molecule has 0 unspecified atom stereocenters. The molecular weight excluding hydrogens is 196 g/mol. The Bertz CT molecular complexity index is 243. The third-order valence-electron chi connectivity index (χ3n) is 1.64. The van der Waals surface area contributed by atoms with Crippen molar-refractivity contribution in [1.82, 2.24) is 0 Å². The number of carbonyl (C=O) groups excluding carboxylic acids is 2. The summed E-state index contributed by atoms with van der Waals surface area (Å²) in [6, 6.07) is 0.